The Morgan fingerprint density at radius 1 is 1.20 bits per heavy atom. The summed E-state index contributed by atoms with van der Waals surface area (Å²) in [6, 6.07) is 15.0. The maximum absolute atomic E-state index is 12.4. The lowest BCUT2D eigenvalue weighted by Crippen LogP contribution is -2.30. The molecule has 2 aromatic rings. The van der Waals surface area contributed by atoms with Gasteiger partial charge in [0.15, 0.2) is 6.10 Å². The number of ether oxygens (including phenoxy) is 1. The molecule has 1 unspecified atom stereocenters. The number of aliphatic hydroxyl groups excluding tert-OH is 1. The van der Waals surface area contributed by atoms with Gasteiger partial charge in [0.05, 0.1) is 6.61 Å². The molecule has 3 rings (SSSR count). The molecule has 0 spiro atoms. The minimum absolute atomic E-state index is 0.0545. The number of carbonyl (C=O) groups is 1. The molecule has 1 saturated heterocycles. The van der Waals surface area contributed by atoms with E-state index in [2.05, 4.69) is 16.3 Å². The fourth-order valence-corrected chi connectivity index (χ4v) is 2.97. The largest absolute Gasteiger partial charge is 0.481 e. The molecule has 0 bridgehead atoms. The smallest absolute Gasteiger partial charge is 0.265 e. The molecular weight excluding hydrogens is 316 g/mol. The summed E-state index contributed by atoms with van der Waals surface area (Å²) in [7, 11) is 0. The first-order chi connectivity index (χ1) is 12.2. The Hall–Kier alpha value is -2.53. The van der Waals surface area contributed by atoms with E-state index >= 15 is 0 Å². The lowest BCUT2D eigenvalue weighted by atomic mass is 10.2. The molecule has 132 valence electrons. The van der Waals surface area contributed by atoms with Crippen LogP contribution >= 0.6 is 0 Å². The van der Waals surface area contributed by atoms with Gasteiger partial charge in [0.25, 0.3) is 5.91 Å². The number of aliphatic hydroxyl groups is 1. The third-order valence-electron chi connectivity index (χ3n) is 4.35. The average Bonchev–Trinajstić information content (AvgIpc) is 3.17. The highest BCUT2D eigenvalue weighted by atomic mass is 16.5. The Kier molecular flexibility index (Phi) is 5.56. The number of nitrogens with zero attached hydrogens (tertiary/aromatic N) is 1. The Bertz CT molecular complexity index is 726. The molecule has 1 heterocycles. The summed E-state index contributed by atoms with van der Waals surface area (Å²) in [4.78, 5) is 14.7. The number of amides is 1. The molecule has 2 N–H and O–H groups in total. The number of hydrogen-bond donors (Lipinski definition) is 2. The van der Waals surface area contributed by atoms with Gasteiger partial charge >= 0.3 is 0 Å². The lowest BCUT2D eigenvalue weighted by molar-refractivity contribution is -0.122. The van der Waals surface area contributed by atoms with E-state index in [4.69, 9.17) is 4.74 Å². The van der Waals surface area contributed by atoms with Crippen molar-refractivity contribution in [2.45, 2.75) is 32.5 Å². The van der Waals surface area contributed by atoms with Crippen LogP contribution in [0.1, 0.15) is 25.3 Å². The van der Waals surface area contributed by atoms with Gasteiger partial charge in [0, 0.05) is 24.5 Å². The summed E-state index contributed by atoms with van der Waals surface area (Å²) in [6.45, 7) is 3.79. The third kappa shape index (κ3) is 4.51. The normalized spacial score (nSPS) is 15.0. The van der Waals surface area contributed by atoms with Crippen LogP contribution in [-0.2, 0) is 11.4 Å². The predicted octanol–water partition coefficient (Wildman–Crippen LogP) is 3.19. The summed E-state index contributed by atoms with van der Waals surface area (Å²) in [5.74, 6) is 0.369. The van der Waals surface area contributed by atoms with Crippen LogP contribution in [0.5, 0.6) is 5.75 Å². The Morgan fingerprint density at radius 2 is 1.96 bits per heavy atom. The van der Waals surface area contributed by atoms with Crippen molar-refractivity contribution < 1.29 is 14.6 Å². The van der Waals surface area contributed by atoms with Gasteiger partial charge in [-0.25, -0.2) is 0 Å². The van der Waals surface area contributed by atoms with Crippen molar-refractivity contribution >= 4 is 17.3 Å². The molecule has 1 atom stereocenters. The summed E-state index contributed by atoms with van der Waals surface area (Å²) in [5.41, 5.74) is 2.66. The van der Waals surface area contributed by atoms with E-state index in [1.165, 1.54) is 12.8 Å². The molecule has 2 aromatic carbocycles. The number of hydrogen-bond acceptors (Lipinski definition) is 4. The molecule has 1 aliphatic heterocycles. The maximum atomic E-state index is 12.4. The first-order valence-electron chi connectivity index (χ1n) is 8.68. The van der Waals surface area contributed by atoms with E-state index in [1.54, 1.807) is 31.2 Å². The molecule has 0 radical (unpaired) electrons. The summed E-state index contributed by atoms with van der Waals surface area (Å²) < 4.78 is 5.69. The van der Waals surface area contributed by atoms with Crippen molar-refractivity contribution in [1.82, 2.24) is 0 Å². The molecule has 5 heteroatoms. The first-order valence-corrected chi connectivity index (χ1v) is 8.68. The minimum atomic E-state index is -0.635. The van der Waals surface area contributed by atoms with Crippen molar-refractivity contribution in [2.75, 3.05) is 23.3 Å². The highest BCUT2D eigenvalue weighted by molar-refractivity contribution is 5.94. The van der Waals surface area contributed by atoms with Crippen molar-refractivity contribution in [1.29, 1.82) is 0 Å². The van der Waals surface area contributed by atoms with Gasteiger partial charge in [-0.3, -0.25) is 4.79 Å². The summed E-state index contributed by atoms with van der Waals surface area (Å²) in [5, 5.41) is 12.1. The topological polar surface area (TPSA) is 61.8 Å². The van der Waals surface area contributed by atoms with Crippen LogP contribution in [0.25, 0.3) is 0 Å². The molecule has 0 aliphatic carbocycles. The predicted molar refractivity (Wildman–Crippen MR) is 99.0 cm³/mol. The zero-order chi connectivity index (χ0) is 17.6. The number of anilines is 2. The highest BCUT2D eigenvalue weighted by Gasteiger charge is 2.17. The van der Waals surface area contributed by atoms with Crippen molar-refractivity contribution in [3.8, 4) is 5.75 Å². The molecule has 1 fully saturated rings. The van der Waals surface area contributed by atoms with Gasteiger partial charge in [-0.1, -0.05) is 18.2 Å². The van der Waals surface area contributed by atoms with E-state index in [-0.39, 0.29) is 12.5 Å². The zero-order valence-electron chi connectivity index (χ0n) is 14.4. The molecule has 25 heavy (non-hydrogen) atoms. The Morgan fingerprint density at radius 3 is 2.72 bits per heavy atom. The fraction of sp³-hybridized carbons (Fsp3) is 0.350. The standard InChI is InChI=1S/C20H24N2O3/c1-15(25-19-9-4-6-16(12-19)14-23)20(24)21-17-7-5-8-18(13-17)22-10-2-3-11-22/h4-9,12-13,15,23H,2-3,10-11,14H2,1H3,(H,21,24). The van der Waals surface area contributed by atoms with E-state index in [0.717, 1.165) is 30.0 Å². The second kappa shape index (κ2) is 8.03. The molecule has 0 aromatic heterocycles. The van der Waals surface area contributed by atoms with E-state index in [9.17, 15) is 9.90 Å². The van der Waals surface area contributed by atoms with Crippen LogP contribution in [0.15, 0.2) is 48.5 Å². The van der Waals surface area contributed by atoms with Crippen LogP contribution < -0.4 is 15.0 Å². The summed E-state index contributed by atoms with van der Waals surface area (Å²) in [6.07, 6.45) is 1.80. The van der Waals surface area contributed by atoms with Gasteiger partial charge in [-0.15, -0.1) is 0 Å². The van der Waals surface area contributed by atoms with Gasteiger partial charge in [0.2, 0.25) is 0 Å². The fourth-order valence-electron chi connectivity index (χ4n) is 2.97. The van der Waals surface area contributed by atoms with Crippen LogP contribution in [-0.4, -0.2) is 30.2 Å². The monoisotopic (exact) mass is 340 g/mol. The lowest BCUT2D eigenvalue weighted by Gasteiger charge is -2.19. The third-order valence-corrected chi connectivity index (χ3v) is 4.35. The second-order valence-electron chi connectivity index (χ2n) is 6.30. The van der Waals surface area contributed by atoms with Gasteiger partial charge in [0.1, 0.15) is 5.75 Å². The quantitative estimate of drug-likeness (QED) is 0.848. The average molecular weight is 340 g/mol. The van der Waals surface area contributed by atoms with Crippen LogP contribution in [0.2, 0.25) is 0 Å². The molecule has 1 aliphatic rings. The molecule has 5 nitrogen and oxygen atoms in total. The Labute approximate surface area is 148 Å². The van der Waals surface area contributed by atoms with E-state index in [0.29, 0.717) is 5.75 Å². The number of rotatable bonds is 6. The van der Waals surface area contributed by atoms with Gasteiger partial charge < -0.3 is 20.1 Å². The Balaban J connectivity index is 1.62. The molecule has 0 saturated carbocycles. The first kappa shape index (κ1) is 17.3. The van der Waals surface area contributed by atoms with E-state index in [1.807, 2.05) is 18.2 Å². The van der Waals surface area contributed by atoms with Gasteiger partial charge in [-0.2, -0.15) is 0 Å². The maximum Gasteiger partial charge on any atom is 0.265 e. The van der Waals surface area contributed by atoms with Crippen molar-refractivity contribution in [3.63, 3.8) is 0 Å². The van der Waals surface area contributed by atoms with Crippen LogP contribution in [0, 0.1) is 0 Å². The SMILES string of the molecule is CC(Oc1cccc(CO)c1)C(=O)Nc1cccc(N2CCCC2)c1. The number of carbonyl (C=O) groups excluding carboxylic acids is 1. The van der Waals surface area contributed by atoms with Crippen molar-refractivity contribution in [2.24, 2.45) is 0 Å². The molecular formula is C20H24N2O3. The van der Waals surface area contributed by atoms with Crippen LogP contribution in [0.3, 0.4) is 0 Å². The number of nitrogens with one attached hydrogen (secondary N) is 1. The van der Waals surface area contributed by atoms with Crippen molar-refractivity contribution in [3.05, 3.63) is 54.1 Å². The minimum Gasteiger partial charge on any atom is -0.481 e. The van der Waals surface area contributed by atoms with Crippen LogP contribution in [0.4, 0.5) is 11.4 Å². The highest BCUT2D eigenvalue weighted by Crippen LogP contribution is 2.23. The summed E-state index contributed by atoms with van der Waals surface area (Å²) >= 11 is 0. The zero-order valence-corrected chi connectivity index (χ0v) is 14.4. The van der Waals surface area contributed by atoms with E-state index < -0.39 is 6.10 Å². The second-order valence-corrected chi connectivity index (χ2v) is 6.30. The number of benzene rings is 2. The molecule has 1 amide bonds. The van der Waals surface area contributed by atoms with Gasteiger partial charge in [-0.05, 0) is 55.7 Å².